The van der Waals surface area contributed by atoms with Crippen molar-refractivity contribution in [3.63, 3.8) is 0 Å². The van der Waals surface area contributed by atoms with Crippen molar-refractivity contribution >= 4 is 5.78 Å². The number of rotatable bonds is 5. The van der Waals surface area contributed by atoms with E-state index in [-0.39, 0.29) is 24.6 Å². The third-order valence-electron chi connectivity index (χ3n) is 2.81. The molecular weight excluding hydrogens is 241 g/mol. The molecule has 0 saturated heterocycles. The van der Waals surface area contributed by atoms with E-state index >= 15 is 0 Å². The molecule has 0 spiro atoms. The fourth-order valence-electron chi connectivity index (χ4n) is 1.90. The first kappa shape index (κ1) is 12.6. The average molecular weight is 253 g/mol. The van der Waals surface area contributed by atoms with Gasteiger partial charge in [-0.1, -0.05) is 5.18 Å². The molecule has 18 heavy (non-hydrogen) atoms. The van der Waals surface area contributed by atoms with Gasteiger partial charge in [0, 0.05) is 19.1 Å². The van der Waals surface area contributed by atoms with Crippen molar-refractivity contribution in [2.75, 3.05) is 20.3 Å². The van der Waals surface area contributed by atoms with Gasteiger partial charge in [0.1, 0.15) is 6.61 Å². The molecule has 0 N–H and O–H groups in total. The highest BCUT2D eigenvalue weighted by atomic mass is 19.1. The van der Waals surface area contributed by atoms with Gasteiger partial charge in [-0.2, -0.15) is 4.91 Å². The summed E-state index contributed by atoms with van der Waals surface area (Å²) in [5.74, 6) is -0.938. The SMILES string of the molecule is COCCOc1cc2c(cc1F)CC(N=O)C2=O. The Labute approximate surface area is 103 Å². The van der Waals surface area contributed by atoms with Gasteiger partial charge >= 0.3 is 0 Å². The van der Waals surface area contributed by atoms with Crippen molar-refractivity contribution in [3.05, 3.63) is 34.0 Å². The van der Waals surface area contributed by atoms with Crippen molar-refractivity contribution in [3.8, 4) is 5.75 Å². The Balaban J connectivity index is 2.24. The van der Waals surface area contributed by atoms with Gasteiger partial charge in [0.2, 0.25) is 0 Å². The molecular formula is C12H12FNO4. The monoisotopic (exact) mass is 253 g/mol. The standard InChI is InChI=1S/C12H12FNO4/c1-17-2-3-18-11-6-8-7(4-9(11)13)5-10(14-16)12(8)15/h4,6,10H,2-3,5H2,1H3. The molecule has 2 rings (SSSR count). The minimum absolute atomic E-state index is 0.00861. The van der Waals surface area contributed by atoms with E-state index in [1.165, 1.54) is 19.2 Å². The smallest absolute Gasteiger partial charge is 0.191 e. The molecule has 6 heteroatoms. The summed E-state index contributed by atoms with van der Waals surface area (Å²) in [5.41, 5.74) is 0.814. The lowest BCUT2D eigenvalue weighted by Gasteiger charge is -2.08. The van der Waals surface area contributed by atoms with Crippen LogP contribution in [0.2, 0.25) is 0 Å². The summed E-state index contributed by atoms with van der Waals surface area (Å²) in [6.45, 7) is 0.513. The minimum Gasteiger partial charge on any atom is -0.488 e. The number of Topliss-reactive ketones (excluding diaryl/α,β-unsaturated/α-hetero) is 1. The Morgan fingerprint density at radius 1 is 1.44 bits per heavy atom. The van der Waals surface area contributed by atoms with Gasteiger partial charge in [-0.25, -0.2) is 4.39 Å². The number of nitrogens with zero attached hydrogens (tertiary/aromatic N) is 1. The van der Waals surface area contributed by atoms with Gasteiger partial charge in [-0.3, -0.25) is 4.79 Å². The summed E-state index contributed by atoms with van der Waals surface area (Å²) in [6.07, 6.45) is 0.160. The predicted molar refractivity (Wildman–Crippen MR) is 61.4 cm³/mol. The molecule has 0 fully saturated rings. The molecule has 1 atom stereocenters. The first-order valence-electron chi connectivity index (χ1n) is 5.48. The number of nitroso groups, excluding NO2 is 1. The number of hydrogen-bond acceptors (Lipinski definition) is 5. The molecule has 0 bridgehead atoms. The van der Waals surface area contributed by atoms with Crippen LogP contribution in [0.1, 0.15) is 15.9 Å². The predicted octanol–water partition coefficient (Wildman–Crippen LogP) is 1.72. The van der Waals surface area contributed by atoms with Crippen LogP contribution >= 0.6 is 0 Å². The first-order chi connectivity index (χ1) is 8.67. The van der Waals surface area contributed by atoms with Crippen LogP contribution in [0.4, 0.5) is 4.39 Å². The van der Waals surface area contributed by atoms with E-state index in [2.05, 4.69) is 5.18 Å². The molecule has 1 aliphatic carbocycles. The maximum atomic E-state index is 13.6. The van der Waals surface area contributed by atoms with Crippen LogP contribution < -0.4 is 4.74 Å². The topological polar surface area (TPSA) is 65.0 Å². The first-order valence-corrected chi connectivity index (χ1v) is 5.48. The fourth-order valence-corrected chi connectivity index (χ4v) is 1.90. The van der Waals surface area contributed by atoms with Gasteiger partial charge in [0.25, 0.3) is 0 Å². The minimum atomic E-state index is -0.936. The van der Waals surface area contributed by atoms with Crippen LogP contribution in [0, 0.1) is 10.7 Å². The number of benzene rings is 1. The van der Waals surface area contributed by atoms with Crippen molar-refractivity contribution in [1.29, 1.82) is 0 Å². The number of hydrogen-bond donors (Lipinski definition) is 0. The van der Waals surface area contributed by atoms with Crippen LogP contribution in [0.5, 0.6) is 5.75 Å². The summed E-state index contributed by atoms with van der Waals surface area (Å²) < 4.78 is 23.6. The van der Waals surface area contributed by atoms with Gasteiger partial charge in [0.15, 0.2) is 23.4 Å². The lowest BCUT2D eigenvalue weighted by Crippen LogP contribution is -2.11. The van der Waals surface area contributed by atoms with Crippen LogP contribution in [-0.2, 0) is 11.2 Å². The van der Waals surface area contributed by atoms with Crippen molar-refractivity contribution in [1.82, 2.24) is 0 Å². The second kappa shape index (κ2) is 5.22. The van der Waals surface area contributed by atoms with E-state index in [4.69, 9.17) is 9.47 Å². The normalized spacial score (nSPS) is 17.7. The number of fused-ring (bicyclic) bond motifs is 1. The fraction of sp³-hybridized carbons (Fsp3) is 0.417. The molecule has 0 aliphatic heterocycles. The molecule has 1 aromatic rings. The highest BCUT2D eigenvalue weighted by Gasteiger charge is 2.32. The van der Waals surface area contributed by atoms with Gasteiger partial charge < -0.3 is 9.47 Å². The molecule has 0 radical (unpaired) electrons. The zero-order valence-electron chi connectivity index (χ0n) is 9.81. The Hall–Kier alpha value is -1.82. The number of ketones is 1. The Morgan fingerprint density at radius 3 is 2.89 bits per heavy atom. The molecule has 0 heterocycles. The number of methoxy groups -OCH3 is 1. The number of halogens is 1. The van der Waals surface area contributed by atoms with E-state index in [1.54, 1.807) is 0 Å². The maximum absolute atomic E-state index is 13.6. The molecule has 96 valence electrons. The lowest BCUT2D eigenvalue weighted by molar-refractivity contribution is 0.0974. The van der Waals surface area contributed by atoms with Crippen LogP contribution in [0.3, 0.4) is 0 Å². The maximum Gasteiger partial charge on any atom is 0.191 e. The third-order valence-corrected chi connectivity index (χ3v) is 2.81. The van der Waals surface area contributed by atoms with Gasteiger partial charge in [0.05, 0.1) is 6.61 Å². The van der Waals surface area contributed by atoms with Crippen molar-refractivity contribution in [2.45, 2.75) is 12.5 Å². The molecule has 1 unspecified atom stereocenters. The highest BCUT2D eigenvalue weighted by Crippen LogP contribution is 2.30. The summed E-state index contributed by atoms with van der Waals surface area (Å²) in [7, 11) is 1.51. The molecule has 1 aliphatic rings. The van der Waals surface area contributed by atoms with Crippen LogP contribution in [0.25, 0.3) is 0 Å². The van der Waals surface area contributed by atoms with E-state index in [9.17, 15) is 14.1 Å². The molecule has 5 nitrogen and oxygen atoms in total. The highest BCUT2D eigenvalue weighted by molar-refractivity contribution is 6.04. The number of carbonyl (C=O) groups is 1. The van der Waals surface area contributed by atoms with Crippen molar-refractivity contribution < 1.29 is 18.7 Å². The van der Waals surface area contributed by atoms with E-state index in [1.807, 2.05) is 0 Å². The van der Waals surface area contributed by atoms with Gasteiger partial charge in [-0.05, 0) is 17.7 Å². The molecule has 0 amide bonds. The Kier molecular flexibility index (Phi) is 3.66. The second-order valence-corrected chi connectivity index (χ2v) is 3.97. The van der Waals surface area contributed by atoms with Gasteiger partial charge in [-0.15, -0.1) is 0 Å². The van der Waals surface area contributed by atoms with E-state index in [0.717, 1.165) is 0 Å². The van der Waals surface area contributed by atoms with Crippen molar-refractivity contribution in [2.24, 2.45) is 5.18 Å². The van der Waals surface area contributed by atoms with Crippen LogP contribution in [-0.4, -0.2) is 32.1 Å². The Morgan fingerprint density at radius 2 is 2.22 bits per heavy atom. The molecule has 0 saturated carbocycles. The molecule has 1 aromatic carbocycles. The summed E-state index contributed by atoms with van der Waals surface area (Å²) in [6, 6.07) is 1.61. The summed E-state index contributed by atoms with van der Waals surface area (Å²) in [5, 5.41) is 2.74. The number of carbonyl (C=O) groups excluding carboxylic acids is 1. The zero-order chi connectivity index (χ0) is 13.1. The lowest BCUT2D eigenvalue weighted by atomic mass is 10.1. The number of ether oxygens (including phenoxy) is 2. The third kappa shape index (κ3) is 2.24. The Bertz CT molecular complexity index is 489. The zero-order valence-corrected chi connectivity index (χ0v) is 9.81. The van der Waals surface area contributed by atoms with Crippen LogP contribution in [0.15, 0.2) is 17.3 Å². The summed E-state index contributed by atoms with van der Waals surface area (Å²) in [4.78, 5) is 22.2. The molecule has 0 aromatic heterocycles. The average Bonchev–Trinajstić information content (AvgIpc) is 2.66. The quantitative estimate of drug-likeness (QED) is 0.592. The van der Waals surface area contributed by atoms with E-state index < -0.39 is 11.9 Å². The largest absolute Gasteiger partial charge is 0.488 e. The van der Waals surface area contributed by atoms with E-state index in [0.29, 0.717) is 17.7 Å². The second-order valence-electron chi connectivity index (χ2n) is 3.97. The summed E-state index contributed by atoms with van der Waals surface area (Å²) >= 11 is 0.